The predicted molar refractivity (Wildman–Crippen MR) is 136 cm³/mol. The summed E-state index contributed by atoms with van der Waals surface area (Å²) in [5.41, 5.74) is 1.10. The van der Waals surface area contributed by atoms with Gasteiger partial charge in [0.15, 0.2) is 0 Å². The first kappa shape index (κ1) is 28.5. The first-order valence-corrected chi connectivity index (χ1v) is 13.2. The Morgan fingerprint density at radius 3 is 2.56 bits per heavy atom. The molecule has 1 saturated carbocycles. The van der Waals surface area contributed by atoms with Gasteiger partial charge in [-0.1, -0.05) is 33.1 Å². The number of aldehydes is 1. The van der Waals surface area contributed by atoms with Gasteiger partial charge in [-0.2, -0.15) is 0 Å². The average Bonchev–Trinajstić information content (AvgIpc) is 2.78. The molecule has 4 nitrogen and oxygen atoms in total. The summed E-state index contributed by atoms with van der Waals surface area (Å²) in [5, 5.41) is 0. The Morgan fingerprint density at radius 2 is 1.91 bits per heavy atom. The van der Waals surface area contributed by atoms with Crippen LogP contribution in [0.1, 0.15) is 97.1 Å². The quantitative estimate of drug-likeness (QED) is 0.191. The number of ether oxygens (including phenoxy) is 1. The van der Waals surface area contributed by atoms with E-state index in [9.17, 15) is 13.6 Å². The van der Waals surface area contributed by atoms with Gasteiger partial charge in [0.2, 0.25) is 5.88 Å². The van der Waals surface area contributed by atoms with Crippen LogP contribution in [0.25, 0.3) is 0 Å². The standard InChI is InChI=1S/C28H46F2N2O2/c1-22(24-15-17-27(3,18-16-24)28(4,29)30)12-8-6-11-21-34-26-25(14-13-23(2)31-26)32(5)19-9-7-10-20-33/h13-14,20,22,24H,6-12,15-19,21H2,1-5H3. The summed E-state index contributed by atoms with van der Waals surface area (Å²) in [6.07, 6.45) is 10.9. The Balaban J connectivity index is 1.69. The molecule has 0 aromatic carbocycles. The highest BCUT2D eigenvalue weighted by atomic mass is 19.3. The summed E-state index contributed by atoms with van der Waals surface area (Å²) < 4.78 is 33.9. The number of alkyl halides is 2. The number of anilines is 1. The lowest BCUT2D eigenvalue weighted by Crippen LogP contribution is -2.40. The van der Waals surface area contributed by atoms with Gasteiger partial charge >= 0.3 is 0 Å². The fourth-order valence-corrected chi connectivity index (χ4v) is 5.05. The van der Waals surface area contributed by atoms with Crippen molar-refractivity contribution in [3.8, 4) is 5.88 Å². The fourth-order valence-electron chi connectivity index (χ4n) is 5.05. The number of carbonyl (C=O) groups is 1. The molecular weight excluding hydrogens is 434 g/mol. The number of aromatic nitrogens is 1. The number of hydrogen-bond acceptors (Lipinski definition) is 4. The second-order valence-corrected chi connectivity index (χ2v) is 10.8. The van der Waals surface area contributed by atoms with Gasteiger partial charge in [-0.25, -0.2) is 13.8 Å². The SMILES string of the molecule is Cc1ccc(N(C)CCCCC=O)c(OCCCCCC(C)C2CCC(C)(C(C)(F)F)CC2)n1. The van der Waals surface area contributed by atoms with E-state index in [1.807, 2.05) is 20.0 Å². The molecule has 34 heavy (non-hydrogen) atoms. The van der Waals surface area contributed by atoms with Crippen molar-refractivity contribution in [3.05, 3.63) is 17.8 Å². The number of carbonyl (C=O) groups excluding carboxylic acids is 1. The van der Waals surface area contributed by atoms with Crippen molar-refractivity contribution in [1.29, 1.82) is 0 Å². The molecule has 2 rings (SSSR count). The van der Waals surface area contributed by atoms with E-state index in [0.29, 0.717) is 43.6 Å². The summed E-state index contributed by atoms with van der Waals surface area (Å²) in [4.78, 5) is 17.3. The van der Waals surface area contributed by atoms with Crippen molar-refractivity contribution in [2.24, 2.45) is 17.3 Å². The van der Waals surface area contributed by atoms with Crippen molar-refractivity contribution >= 4 is 12.0 Å². The van der Waals surface area contributed by atoms with E-state index in [2.05, 4.69) is 22.9 Å². The molecule has 1 atom stereocenters. The zero-order valence-electron chi connectivity index (χ0n) is 22.0. The number of aryl methyl sites for hydroxylation is 1. The van der Waals surface area contributed by atoms with Crippen LogP contribution >= 0.6 is 0 Å². The summed E-state index contributed by atoms with van der Waals surface area (Å²) in [6.45, 7) is 8.61. The molecule has 1 aliphatic carbocycles. The lowest BCUT2D eigenvalue weighted by molar-refractivity contribution is -0.122. The van der Waals surface area contributed by atoms with Crippen molar-refractivity contribution < 1.29 is 18.3 Å². The van der Waals surface area contributed by atoms with E-state index in [1.165, 1.54) is 0 Å². The van der Waals surface area contributed by atoms with Gasteiger partial charge in [0.05, 0.1) is 12.3 Å². The largest absolute Gasteiger partial charge is 0.476 e. The Bertz CT molecular complexity index is 742. The minimum absolute atomic E-state index is 0.577. The van der Waals surface area contributed by atoms with Gasteiger partial charge in [0.1, 0.15) is 6.29 Å². The lowest BCUT2D eigenvalue weighted by atomic mass is 9.65. The second-order valence-electron chi connectivity index (χ2n) is 10.8. The van der Waals surface area contributed by atoms with Crippen LogP contribution in [0.15, 0.2) is 12.1 Å². The molecule has 0 N–H and O–H groups in total. The van der Waals surface area contributed by atoms with Gasteiger partial charge in [-0.3, -0.25) is 0 Å². The van der Waals surface area contributed by atoms with E-state index >= 15 is 0 Å². The highest BCUT2D eigenvalue weighted by Gasteiger charge is 2.47. The first-order chi connectivity index (χ1) is 16.1. The molecule has 1 aromatic heterocycles. The van der Waals surface area contributed by atoms with Crippen molar-refractivity contribution in [2.75, 3.05) is 25.1 Å². The Morgan fingerprint density at radius 1 is 1.21 bits per heavy atom. The molecule has 1 unspecified atom stereocenters. The van der Waals surface area contributed by atoms with E-state index in [4.69, 9.17) is 4.74 Å². The van der Waals surface area contributed by atoms with E-state index in [0.717, 1.165) is 82.5 Å². The van der Waals surface area contributed by atoms with Crippen LogP contribution in [-0.4, -0.2) is 37.4 Å². The zero-order valence-corrected chi connectivity index (χ0v) is 22.0. The number of nitrogens with zero attached hydrogens (tertiary/aromatic N) is 2. The van der Waals surface area contributed by atoms with Crippen LogP contribution in [0.5, 0.6) is 5.88 Å². The minimum Gasteiger partial charge on any atom is -0.476 e. The minimum atomic E-state index is -2.58. The molecule has 0 aliphatic heterocycles. The van der Waals surface area contributed by atoms with Crippen LogP contribution in [-0.2, 0) is 4.79 Å². The molecular formula is C28H46F2N2O2. The Labute approximate surface area is 205 Å². The van der Waals surface area contributed by atoms with Crippen LogP contribution in [0, 0.1) is 24.2 Å². The third-order valence-electron chi connectivity index (χ3n) is 8.00. The predicted octanol–water partition coefficient (Wildman–Crippen LogP) is 7.62. The van der Waals surface area contributed by atoms with Gasteiger partial charge in [0.25, 0.3) is 5.92 Å². The van der Waals surface area contributed by atoms with Gasteiger partial charge < -0.3 is 14.4 Å². The van der Waals surface area contributed by atoms with Crippen molar-refractivity contribution in [2.45, 2.75) is 104 Å². The van der Waals surface area contributed by atoms with Crippen LogP contribution in [0.3, 0.4) is 0 Å². The molecule has 0 radical (unpaired) electrons. The molecule has 0 spiro atoms. The maximum atomic E-state index is 13.9. The number of hydrogen-bond donors (Lipinski definition) is 0. The van der Waals surface area contributed by atoms with E-state index in [1.54, 1.807) is 6.92 Å². The van der Waals surface area contributed by atoms with Crippen LogP contribution in [0.4, 0.5) is 14.5 Å². The zero-order chi connectivity index (χ0) is 25.2. The number of unbranched alkanes of at least 4 members (excludes halogenated alkanes) is 4. The fraction of sp³-hybridized carbons (Fsp3) is 0.786. The monoisotopic (exact) mass is 480 g/mol. The van der Waals surface area contributed by atoms with Crippen LogP contribution < -0.4 is 9.64 Å². The maximum Gasteiger partial charge on any atom is 0.250 e. The molecule has 0 bridgehead atoms. The third-order valence-corrected chi connectivity index (χ3v) is 8.00. The summed E-state index contributed by atoms with van der Waals surface area (Å²) >= 11 is 0. The van der Waals surface area contributed by atoms with Gasteiger partial charge in [-0.05, 0) is 82.8 Å². The number of rotatable bonds is 15. The van der Waals surface area contributed by atoms with Gasteiger partial charge in [-0.15, -0.1) is 0 Å². The third kappa shape index (κ3) is 8.49. The summed E-state index contributed by atoms with van der Waals surface area (Å²) in [6, 6.07) is 4.06. The van der Waals surface area contributed by atoms with Crippen molar-refractivity contribution in [3.63, 3.8) is 0 Å². The smallest absolute Gasteiger partial charge is 0.250 e. The molecule has 0 amide bonds. The Hall–Kier alpha value is -1.72. The van der Waals surface area contributed by atoms with Gasteiger partial charge in [0, 0.05) is 31.1 Å². The maximum absolute atomic E-state index is 13.9. The van der Waals surface area contributed by atoms with Crippen molar-refractivity contribution in [1.82, 2.24) is 4.98 Å². The second kappa shape index (κ2) is 13.4. The highest BCUT2D eigenvalue weighted by Crippen LogP contribution is 2.50. The lowest BCUT2D eigenvalue weighted by Gasteiger charge is -2.42. The first-order valence-electron chi connectivity index (χ1n) is 13.2. The van der Waals surface area contributed by atoms with E-state index < -0.39 is 11.3 Å². The normalized spacial score (nSPS) is 21.8. The molecule has 1 aromatic rings. The molecule has 1 fully saturated rings. The molecule has 6 heteroatoms. The topological polar surface area (TPSA) is 42.4 Å². The average molecular weight is 481 g/mol. The molecule has 1 aliphatic rings. The van der Waals surface area contributed by atoms with Crippen LogP contribution in [0.2, 0.25) is 0 Å². The summed E-state index contributed by atoms with van der Waals surface area (Å²) in [7, 11) is 2.04. The van der Waals surface area contributed by atoms with E-state index in [-0.39, 0.29) is 0 Å². The summed E-state index contributed by atoms with van der Waals surface area (Å²) in [5.74, 6) is -0.732. The number of pyridine rings is 1. The molecule has 194 valence electrons. The number of halogens is 2. The molecule has 0 saturated heterocycles. The molecule has 1 heterocycles. The highest BCUT2D eigenvalue weighted by molar-refractivity contribution is 5.55. The Kier molecular flexibility index (Phi) is 11.2.